The Morgan fingerprint density at radius 2 is 2.10 bits per heavy atom. The molecule has 5 heteroatoms. The molecule has 1 fully saturated rings. The van der Waals surface area contributed by atoms with Gasteiger partial charge in [0.05, 0.1) is 16.7 Å². The molecule has 1 aromatic rings. The number of hydrogen-bond donors (Lipinski definition) is 1. The summed E-state index contributed by atoms with van der Waals surface area (Å²) in [4.78, 5) is 0. The van der Waals surface area contributed by atoms with Gasteiger partial charge in [-0.3, -0.25) is 0 Å². The molecule has 3 nitrogen and oxygen atoms in total. The molecule has 1 N–H and O–H groups in total. The number of nitrogens with one attached hydrogen (secondary N) is 1. The van der Waals surface area contributed by atoms with E-state index in [4.69, 9.17) is 9.47 Å². The van der Waals surface area contributed by atoms with Crippen LogP contribution in [0.3, 0.4) is 0 Å². The van der Waals surface area contributed by atoms with Crippen LogP contribution in [0.15, 0.2) is 27.1 Å². The first-order valence-electron chi connectivity index (χ1n) is 7.13. The Kier molecular flexibility index (Phi) is 6.81. The molecule has 112 valence electrons. The quantitative estimate of drug-likeness (QED) is 0.690. The van der Waals surface area contributed by atoms with Crippen molar-refractivity contribution in [1.82, 2.24) is 5.32 Å². The van der Waals surface area contributed by atoms with E-state index in [1.807, 2.05) is 18.2 Å². The van der Waals surface area contributed by atoms with Crippen LogP contribution in [-0.4, -0.2) is 31.9 Å². The van der Waals surface area contributed by atoms with Crippen LogP contribution in [0, 0.1) is 0 Å². The Morgan fingerprint density at radius 3 is 2.85 bits per heavy atom. The first kappa shape index (κ1) is 16.3. The Hall–Kier alpha value is -0.100. The van der Waals surface area contributed by atoms with Gasteiger partial charge >= 0.3 is 0 Å². The van der Waals surface area contributed by atoms with Crippen molar-refractivity contribution in [1.29, 1.82) is 0 Å². The normalized spacial score (nSPS) is 22.1. The summed E-state index contributed by atoms with van der Waals surface area (Å²) in [5, 5.41) is 3.41. The minimum atomic E-state index is 0.207. The van der Waals surface area contributed by atoms with Gasteiger partial charge in [0.1, 0.15) is 12.4 Å². The Labute approximate surface area is 137 Å². The molecule has 0 radical (unpaired) electrons. The highest BCUT2D eigenvalue weighted by Gasteiger charge is 2.25. The monoisotopic (exact) mass is 405 g/mol. The zero-order valence-electron chi connectivity index (χ0n) is 11.7. The lowest BCUT2D eigenvalue weighted by atomic mass is 10.2. The fourth-order valence-corrected chi connectivity index (χ4v) is 3.43. The Bertz CT molecular complexity index is 428. The highest BCUT2D eigenvalue weighted by atomic mass is 79.9. The molecule has 20 heavy (non-hydrogen) atoms. The molecule has 2 atom stereocenters. The molecule has 0 spiro atoms. The van der Waals surface area contributed by atoms with Crippen LogP contribution in [0.1, 0.15) is 26.2 Å². The summed E-state index contributed by atoms with van der Waals surface area (Å²) in [6.07, 6.45) is 3.90. The van der Waals surface area contributed by atoms with Crippen LogP contribution < -0.4 is 10.1 Å². The molecule has 1 aliphatic heterocycles. The van der Waals surface area contributed by atoms with Crippen molar-refractivity contribution in [2.24, 2.45) is 0 Å². The third-order valence-corrected chi connectivity index (χ3v) is 4.43. The van der Waals surface area contributed by atoms with Crippen molar-refractivity contribution in [2.75, 3.05) is 19.7 Å². The minimum absolute atomic E-state index is 0.207. The molecule has 0 amide bonds. The lowest BCUT2D eigenvalue weighted by Gasteiger charge is -2.15. The molecule has 0 aliphatic carbocycles. The maximum absolute atomic E-state index is 5.98. The number of benzene rings is 1. The molecular weight excluding hydrogens is 386 g/mol. The standard InChI is InChI=1S/C15H21Br2NO2/c1-2-7-18-9-12-4-5-13(20-12)10-19-15-6-3-11(16)8-14(15)17/h3,6,8,12-13,18H,2,4-5,7,9-10H2,1H3. The summed E-state index contributed by atoms with van der Waals surface area (Å²) in [5.41, 5.74) is 0. The smallest absolute Gasteiger partial charge is 0.133 e. The van der Waals surface area contributed by atoms with E-state index >= 15 is 0 Å². The van der Waals surface area contributed by atoms with Gasteiger partial charge in [-0.2, -0.15) is 0 Å². The average molecular weight is 407 g/mol. The van der Waals surface area contributed by atoms with Crippen LogP contribution >= 0.6 is 31.9 Å². The van der Waals surface area contributed by atoms with E-state index < -0.39 is 0 Å². The lowest BCUT2D eigenvalue weighted by molar-refractivity contribution is 0.0185. The van der Waals surface area contributed by atoms with E-state index in [1.54, 1.807) is 0 Å². The van der Waals surface area contributed by atoms with Gasteiger partial charge in [0, 0.05) is 11.0 Å². The third kappa shape index (κ3) is 5.02. The van der Waals surface area contributed by atoms with E-state index in [0.717, 1.165) is 47.0 Å². The van der Waals surface area contributed by atoms with E-state index in [0.29, 0.717) is 12.7 Å². The zero-order chi connectivity index (χ0) is 14.4. The van der Waals surface area contributed by atoms with E-state index in [9.17, 15) is 0 Å². The summed E-state index contributed by atoms with van der Waals surface area (Å²) in [6.45, 7) is 4.80. The second-order valence-electron chi connectivity index (χ2n) is 5.05. The van der Waals surface area contributed by atoms with Gasteiger partial charge in [0.25, 0.3) is 0 Å². The number of rotatable bonds is 7. The average Bonchev–Trinajstić information content (AvgIpc) is 2.86. The number of hydrogen-bond acceptors (Lipinski definition) is 3. The molecule has 1 heterocycles. The highest BCUT2D eigenvalue weighted by Crippen LogP contribution is 2.29. The van der Waals surface area contributed by atoms with Crippen LogP contribution in [-0.2, 0) is 4.74 Å². The minimum Gasteiger partial charge on any atom is -0.490 e. The summed E-state index contributed by atoms with van der Waals surface area (Å²) in [6, 6.07) is 5.93. The van der Waals surface area contributed by atoms with Crippen molar-refractivity contribution in [3.05, 3.63) is 27.1 Å². The van der Waals surface area contributed by atoms with Crippen LogP contribution in [0.4, 0.5) is 0 Å². The van der Waals surface area contributed by atoms with Gasteiger partial charge < -0.3 is 14.8 Å². The van der Waals surface area contributed by atoms with Crippen LogP contribution in [0.2, 0.25) is 0 Å². The molecule has 0 bridgehead atoms. The molecule has 1 saturated heterocycles. The van der Waals surface area contributed by atoms with Gasteiger partial charge in [-0.1, -0.05) is 22.9 Å². The summed E-state index contributed by atoms with van der Waals surface area (Å²) < 4.78 is 13.8. The van der Waals surface area contributed by atoms with Crippen molar-refractivity contribution in [2.45, 2.75) is 38.4 Å². The van der Waals surface area contributed by atoms with Gasteiger partial charge in [0.15, 0.2) is 0 Å². The summed E-state index contributed by atoms with van der Waals surface area (Å²) in [7, 11) is 0. The zero-order valence-corrected chi connectivity index (χ0v) is 14.9. The van der Waals surface area contributed by atoms with Crippen molar-refractivity contribution in [3.8, 4) is 5.75 Å². The summed E-state index contributed by atoms with van der Waals surface area (Å²) >= 11 is 6.94. The second-order valence-corrected chi connectivity index (χ2v) is 6.82. The van der Waals surface area contributed by atoms with Gasteiger partial charge in [-0.25, -0.2) is 0 Å². The molecule has 0 saturated carbocycles. The first-order chi connectivity index (χ1) is 9.69. The Morgan fingerprint density at radius 1 is 1.30 bits per heavy atom. The number of halogens is 2. The van der Waals surface area contributed by atoms with Crippen molar-refractivity contribution < 1.29 is 9.47 Å². The van der Waals surface area contributed by atoms with Crippen LogP contribution in [0.5, 0.6) is 5.75 Å². The second kappa shape index (κ2) is 8.37. The molecule has 2 unspecified atom stereocenters. The lowest BCUT2D eigenvalue weighted by Crippen LogP contribution is -2.28. The maximum atomic E-state index is 5.98. The highest BCUT2D eigenvalue weighted by molar-refractivity contribution is 9.11. The van der Waals surface area contributed by atoms with Crippen LogP contribution in [0.25, 0.3) is 0 Å². The summed E-state index contributed by atoms with van der Waals surface area (Å²) in [5.74, 6) is 0.865. The van der Waals surface area contributed by atoms with Gasteiger partial charge in [-0.05, 0) is 59.9 Å². The maximum Gasteiger partial charge on any atom is 0.133 e. The predicted octanol–water partition coefficient (Wildman–Crippen LogP) is 4.14. The van der Waals surface area contributed by atoms with Crippen molar-refractivity contribution >= 4 is 31.9 Å². The molecule has 0 aromatic heterocycles. The number of ether oxygens (including phenoxy) is 2. The third-order valence-electron chi connectivity index (χ3n) is 3.31. The fourth-order valence-electron chi connectivity index (χ4n) is 2.27. The topological polar surface area (TPSA) is 30.5 Å². The van der Waals surface area contributed by atoms with Gasteiger partial charge in [-0.15, -0.1) is 0 Å². The first-order valence-corrected chi connectivity index (χ1v) is 8.71. The Balaban J connectivity index is 1.72. The molecule has 1 aliphatic rings. The van der Waals surface area contributed by atoms with Gasteiger partial charge in [0.2, 0.25) is 0 Å². The molecule has 1 aromatic carbocycles. The molecular formula is C15H21Br2NO2. The SMILES string of the molecule is CCCNCC1CCC(COc2ccc(Br)cc2Br)O1. The van der Waals surface area contributed by atoms with Crippen molar-refractivity contribution in [3.63, 3.8) is 0 Å². The van der Waals surface area contributed by atoms with E-state index in [-0.39, 0.29) is 6.10 Å². The fraction of sp³-hybridized carbons (Fsp3) is 0.600. The molecule has 2 rings (SSSR count). The predicted molar refractivity (Wildman–Crippen MR) is 88.4 cm³/mol. The van der Waals surface area contributed by atoms with E-state index in [2.05, 4.69) is 44.1 Å². The largest absolute Gasteiger partial charge is 0.490 e. The van der Waals surface area contributed by atoms with E-state index in [1.165, 1.54) is 0 Å².